The van der Waals surface area contributed by atoms with E-state index in [0.717, 1.165) is 6.42 Å². The summed E-state index contributed by atoms with van der Waals surface area (Å²) in [7, 11) is 1.63. The maximum absolute atomic E-state index is 11.7. The fraction of sp³-hybridized carbons (Fsp3) is 0.500. The summed E-state index contributed by atoms with van der Waals surface area (Å²) in [6.07, 6.45) is 0.767. The molecule has 0 saturated heterocycles. The fourth-order valence-corrected chi connectivity index (χ4v) is 1.59. The SMILES string of the molecule is COCCOCCCNC(=O)c1cccc(Br)n1. The van der Waals surface area contributed by atoms with Crippen molar-refractivity contribution in [2.24, 2.45) is 0 Å². The van der Waals surface area contributed by atoms with E-state index in [4.69, 9.17) is 9.47 Å². The van der Waals surface area contributed by atoms with Gasteiger partial charge in [0.2, 0.25) is 0 Å². The van der Waals surface area contributed by atoms with Crippen LogP contribution in [0, 0.1) is 0 Å². The number of carbonyl (C=O) groups is 1. The van der Waals surface area contributed by atoms with Crippen molar-refractivity contribution >= 4 is 21.8 Å². The zero-order valence-electron chi connectivity index (χ0n) is 10.3. The molecule has 0 atom stereocenters. The van der Waals surface area contributed by atoms with Crippen LogP contribution in [0.4, 0.5) is 0 Å². The van der Waals surface area contributed by atoms with Crippen molar-refractivity contribution in [3.05, 3.63) is 28.5 Å². The highest BCUT2D eigenvalue weighted by molar-refractivity contribution is 9.10. The van der Waals surface area contributed by atoms with Gasteiger partial charge in [0, 0.05) is 20.3 Å². The number of hydrogen-bond donors (Lipinski definition) is 1. The highest BCUT2D eigenvalue weighted by atomic mass is 79.9. The second kappa shape index (κ2) is 9.02. The molecule has 0 saturated carbocycles. The first kappa shape index (κ1) is 15.1. The first-order valence-electron chi connectivity index (χ1n) is 5.71. The Balaban J connectivity index is 2.14. The molecular formula is C12H17BrN2O3. The van der Waals surface area contributed by atoms with Gasteiger partial charge in [0.05, 0.1) is 13.2 Å². The van der Waals surface area contributed by atoms with Crippen LogP contribution in [0.2, 0.25) is 0 Å². The van der Waals surface area contributed by atoms with E-state index in [1.807, 2.05) is 0 Å². The summed E-state index contributed by atoms with van der Waals surface area (Å²) in [6, 6.07) is 5.23. The second-order valence-electron chi connectivity index (χ2n) is 3.56. The van der Waals surface area contributed by atoms with Gasteiger partial charge in [-0.05, 0) is 34.5 Å². The normalized spacial score (nSPS) is 10.3. The Kier molecular flexibility index (Phi) is 7.55. The molecule has 1 aromatic rings. The Bertz CT molecular complexity index is 374. The highest BCUT2D eigenvalue weighted by Gasteiger charge is 2.05. The second-order valence-corrected chi connectivity index (χ2v) is 4.37. The van der Waals surface area contributed by atoms with Gasteiger partial charge >= 0.3 is 0 Å². The molecular weight excluding hydrogens is 300 g/mol. The minimum absolute atomic E-state index is 0.173. The molecule has 0 aliphatic rings. The van der Waals surface area contributed by atoms with Crippen LogP contribution in [-0.4, -0.2) is 44.4 Å². The largest absolute Gasteiger partial charge is 0.382 e. The lowest BCUT2D eigenvalue weighted by molar-refractivity contribution is 0.0688. The van der Waals surface area contributed by atoms with Crippen molar-refractivity contribution < 1.29 is 14.3 Å². The number of hydrogen-bond acceptors (Lipinski definition) is 4. The number of ether oxygens (including phenoxy) is 2. The molecule has 0 aliphatic heterocycles. The van der Waals surface area contributed by atoms with E-state index in [9.17, 15) is 4.79 Å². The number of carbonyl (C=O) groups excluding carboxylic acids is 1. The maximum Gasteiger partial charge on any atom is 0.269 e. The molecule has 1 amide bonds. The monoisotopic (exact) mass is 316 g/mol. The molecule has 1 heterocycles. The van der Waals surface area contributed by atoms with Crippen LogP contribution in [0.15, 0.2) is 22.8 Å². The van der Waals surface area contributed by atoms with Gasteiger partial charge in [-0.1, -0.05) is 6.07 Å². The third-order valence-corrected chi connectivity index (χ3v) is 2.57. The van der Waals surface area contributed by atoms with Gasteiger partial charge in [0.25, 0.3) is 5.91 Å². The molecule has 0 radical (unpaired) electrons. The Hall–Kier alpha value is -0.980. The number of halogens is 1. The number of methoxy groups -OCH3 is 1. The van der Waals surface area contributed by atoms with Gasteiger partial charge in [0.1, 0.15) is 10.3 Å². The van der Waals surface area contributed by atoms with Crippen LogP contribution in [0.5, 0.6) is 0 Å². The third kappa shape index (κ3) is 6.09. The Morgan fingerprint density at radius 3 is 2.94 bits per heavy atom. The Labute approximate surface area is 115 Å². The number of nitrogens with zero attached hydrogens (tertiary/aromatic N) is 1. The summed E-state index contributed by atoms with van der Waals surface area (Å²) in [5, 5.41) is 2.78. The topological polar surface area (TPSA) is 60.5 Å². The van der Waals surface area contributed by atoms with Crippen LogP contribution in [0.25, 0.3) is 0 Å². The summed E-state index contributed by atoms with van der Waals surface area (Å²) in [5.41, 5.74) is 0.407. The van der Waals surface area contributed by atoms with Crippen molar-refractivity contribution in [2.75, 3.05) is 33.5 Å². The van der Waals surface area contributed by atoms with Gasteiger partial charge < -0.3 is 14.8 Å². The molecule has 0 spiro atoms. The number of pyridine rings is 1. The van der Waals surface area contributed by atoms with Gasteiger partial charge in [-0.15, -0.1) is 0 Å². The average molecular weight is 317 g/mol. The number of nitrogens with one attached hydrogen (secondary N) is 1. The van der Waals surface area contributed by atoms with E-state index in [1.165, 1.54) is 0 Å². The van der Waals surface area contributed by atoms with Crippen LogP contribution in [0.1, 0.15) is 16.9 Å². The van der Waals surface area contributed by atoms with Crippen LogP contribution >= 0.6 is 15.9 Å². The van der Waals surface area contributed by atoms with E-state index in [2.05, 4.69) is 26.2 Å². The predicted octanol–water partition coefficient (Wildman–Crippen LogP) is 1.63. The van der Waals surface area contributed by atoms with Crippen molar-refractivity contribution in [1.82, 2.24) is 10.3 Å². The Morgan fingerprint density at radius 1 is 1.39 bits per heavy atom. The number of amides is 1. The van der Waals surface area contributed by atoms with Gasteiger partial charge in [-0.25, -0.2) is 4.98 Å². The van der Waals surface area contributed by atoms with E-state index in [1.54, 1.807) is 25.3 Å². The predicted molar refractivity (Wildman–Crippen MR) is 71.6 cm³/mol. The molecule has 5 nitrogen and oxygen atoms in total. The molecule has 1 rings (SSSR count). The summed E-state index contributed by atoms with van der Waals surface area (Å²) < 4.78 is 10.8. The van der Waals surface area contributed by atoms with Gasteiger partial charge in [0.15, 0.2) is 0 Å². The first-order chi connectivity index (χ1) is 8.74. The molecule has 6 heteroatoms. The Morgan fingerprint density at radius 2 is 2.22 bits per heavy atom. The van der Waals surface area contributed by atoms with E-state index < -0.39 is 0 Å². The fourth-order valence-electron chi connectivity index (χ4n) is 1.25. The standard InChI is InChI=1S/C12H17BrN2O3/c1-17-8-9-18-7-3-6-14-12(16)10-4-2-5-11(13)15-10/h2,4-5H,3,6-9H2,1H3,(H,14,16). The molecule has 0 unspecified atom stereocenters. The van der Waals surface area contributed by atoms with Gasteiger partial charge in [-0.3, -0.25) is 4.79 Å². The lowest BCUT2D eigenvalue weighted by Crippen LogP contribution is -2.26. The summed E-state index contributed by atoms with van der Waals surface area (Å²) in [4.78, 5) is 15.7. The van der Waals surface area contributed by atoms with Crippen LogP contribution < -0.4 is 5.32 Å². The van der Waals surface area contributed by atoms with Crippen LogP contribution in [-0.2, 0) is 9.47 Å². The molecule has 0 aromatic carbocycles. The number of aromatic nitrogens is 1. The van der Waals surface area contributed by atoms with Crippen molar-refractivity contribution in [3.63, 3.8) is 0 Å². The average Bonchev–Trinajstić information content (AvgIpc) is 2.37. The van der Waals surface area contributed by atoms with Crippen LogP contribution in [0.3, 0.4) is 0 Å². The van der Waals surface area contributed by atoms with Crippen molar-refractivity contribution in [2.45, 2.75) is 6.42 Å². The lowest BCUT2D eigenvalue weighted by Gasteiger charge is -2.05. The molecule has 100 valence electrons. The summed E-state index contributed by atoms with van der Waals surface area (Å²) in [5.74, 6) is -0.173. The smallest absolute Gasteiger partial charge is 0.269 e. The molecule has 1 aromatic heterocycles. The zero-order valence-corrected chi connectivity index (χ0v) is 11.9. The lowest BCUT2D eigenvalue weighted by atomic mass is 10.3. The van der Waals surface area contributed by atoms with Crippen molar-refractivity contribution in [1.29, 1.82) is 0 Å². The minimum Gasteiger partial charge on any atom is -0.382 e. The molecule has 0 fully saturated rings. The number of rotatable bonds is 8. The van der Waals surface area contributed by atoms with E-state index in [-0.39, 0.29) is 5.91 Å². The summed E-state index contributed by atoms with van der Waals surface area (Å²) in [6.45, 7) is 2.35. The molecule has 0 bridgehead atoms. The van der Waals surface area contributed by atoms with E-state index in [0.29, 0.717) is 36.7 Å². The molecule has 18 heavy (non-hydrogen) atoms. The van der Waals surface area contributed by atoms with Crippen molar-refractivity contribution in [3.8, 4) is 0 Å². The molecule has 1 N–H and O–H groups in total. The van der Waals surface area contributed by atoms with E-state index >= 15 is 0 Å². The first-order valence-corrected chi connectivity index (χ1v) is 6.51. The third-order valence-electron chi connectivity index (χ3n) is 2.13. The minimum atomic E-state index is -0.173. The quantitative estimate of drug-likeness (QED) is 0.585. The highest BCUT2D eigenvalue weighted by Crippen LogP contribution is 2.05. The molecule has 0 aliphatic carbocycles. The maximum atomic E-state index is 11.7. The van der Waals surface area contributed by atoms with Gasteiger partial charge in [-0.2, -0.15) is 0 Å². The zero-order chi connectivity index (χ0) is 13.2. The summed E-state index contributed by atoms with van der Waals surface area (Å²) >= 11 is 3.22.